The van der Waals surface area contributed by atoms with Crippen LogP contribution in [0.2, 0.25) is 0 Å². The van der Waals surface area contributed by atoms with Gasteiger partial charge in [0.1, 0.15) is 6.07 Å². The Balaban J connectivity index is 1.59. The number of hydrogen-bond donors (Lipinski definition) is 1. The van der Waals surface area contributed by atoms with E-state index in [4.69, 9.17) is 11.0 Å². The van der Waals surface area contributed by atoms with Crippen LogP contribution in [-0.4, -0.2) is 29.5 Å². The molecular weight excluding hydrogens is 236 g/mol. The van der Waals surface area contributed by atoms with Gasteiger partial charge in [-0.1, -0.05) is 6.42 Å². The first-order valence-corrected chi connectivity index (χ1v) is 7.10. The predicted molar refractivity (Wildman–Crippen MR) is 73.2 cm³/mol. The van der Waals surface area contributed by atoms with Crippen molar-refractivity contribution < 1.29 is 0 Å². The number of nitriles is 1. The van der Waals surface area contributed by atoms with Crippen LogP contribution in [-0.2, 0) is 0 Å². The molecule has 2 aliphatic rings. The Morgan fingerprint density at radius 3 is 2.68 bits per heavy atom. The Hall–Kier alpha value is -1.44. The fourth-order valence-electron chi connectivity index (χ4n) is 3.54. The summed E-state index contributed by atoms with van der Waals surface area (Å²) in [6.45, 7) is 3.29. The average molecular weight is 256 g/mol. The SMILES string of the molecule is N#Cc1ccc(C(N)CN2CC3CCCC3C2)nc1. The third-order valence-electron chi connectivity index (χ3n) is 4.55. The van der Waals surface area contributed by atoms with E-state index in [1.807, 2.05) is 6.07 Å². The lowest BCUT2D eigenvalue weighted by molar-refractivity contribution is 0.290. The maximum atomic E-state index is 8.76. The Morgan fingerprint density at radius 2 is 2.11 bits per heavy atom. The van der Waals surface area contributed by atoms with Crippen molar-refractivity contribution in [1.82, 2.24) is 9.88 Å². The van der Waals surface area contributed by atoms with E-state index in [-0.39, 0.29) is 6.04 Å². The van der Waals surface area contributed by atoms with Crippen molar-refractivity contribution in [1.29, 1.82) is 5.26 Å². The van der Waals surface area contributed by atoms with E-state index in [9.17, 15) is 0 Å². The van der Waals surface area contributed by atoms with Crippen molar-refractivity contribution in [3.8, 4) is 6.07 Å². The number of aromatic nitrogens is 1. The van der Waals surface area contributed by atoms with Gasteiger partial charge in [-0.3, -0.25) is 4.98 Å². The number of rotatable bonds is 3. The molecule has 1 saturated carbocycles. The fourth-order valence-corrected chi connectivity index (χ4v) is 3.54. The van der Waals surface area contributed by atoms with Gasteiger partial charge in [-0.05, 0) is 36.8 Å². The van der Waals surface area contributed by atoms with Crippen LogP contribution in [0.1, 0.15) is 36.6 Å². The largest absolute Gasteiger partial charge is 0.322 e. The number of nitrogens with two attached hydrogens (primary N) is 1. The summed E-state index contributed by atoms with van der Waals surface area (Å²) in [7, 11) is 0. The van der Waals surface area contributed by atoms with Gasteiger partial charge in [-0.25, -0.2) is 0 Å². The molecule has 4 heteroatoms. The summed E-state index contributed by atoms with van der Waals surface area (Å²) in [5.74, 6) is 1.81. The summed E-state index contributed by atoms with van der Waals surface area (Å²) >= 11 is 0. The van der Waals surface area contributed by atoms with Crippen LogP contribution in [0.5, 0.6) is 0 Å². The van der Waals surface area contributed by atoms with Crippen LogP contribution >= 0.6 is 0 Å². The highest BCUT2D eigenvalue weighted by molar-refractivity contribution is 5.27. The first kappa shape index (κ1) is 12.6. The maximum Gasteiger partial charge on any atom is 0.101 e. The van der Waals surface area contributed by atoms with Gasteiger partial charge >= 0.3 is 0 Å². The zero-order valence-corrected chi connectivity index (χ0v) is 11.1. The van der Waals surface area contributed by atoms with Crippen LogP contribution in [0.3, 0.4) is 0 Å². The van der Waals surface area contributed by atoms with Gasteiger partial charge in [0, 0.05) is 25.8 Å². The topological polar surface area (TPSA) is 65.9 Å². The fraction of sp³-hybridized carbons (Fsp3) is 0.600. The van der Waals surface area contributed by atoms with Crippen molar-refractivity contribution in [2.24, 2.45) is 17.6 Å². The van der Waals surface area contributed by atoms with Crippen molar-refractivity contribution in [3.05, 3.63) is 29.6 Å². The lowest BCUT2D eigenvalue weighted by Crippen LogP contribution is -2.31. The van der Waals surface area contributed by atoms with E-state index < -0.39 is 0 Å². The molecule has 1 aliphatic carbocycles. The first-order valence-electron chi connectivity index (χ1n) is 7.10. The van der Waals surface area contributed by atoms with Crippen LogP contribution in [0.4, 0.5) is 0 Å². The quantitative estimate of drug-likeness (QED) is 0.893. The highest BCUT2D eigenvalue weighted by Crippen LogP contribution is 2.37. The molecule has 0 spiro atoms. The standard InChI is InChI=1S/C15H20N4/c16-6-11-4-5-15(18-7-11)14(17)10-19-8-12-2-1-3-13(12)9-19/h4-5,7,12-14H,1-3,8-10,17H2. The van der Waals surface area contributed by atoms with Gasteiger partial charge in [0.15, 0.2) is 0 Å². The summed E-state index contributed by atoms with van der Waals surface area (Å²) in [5.41, 5.74) is 7.70. The molecule has 1 aromatic rings. The second kappa shape index (κ2) is 5.28. The lowest BCUT2D eigenvalue weighted by atomic mass is 10.0. The summed E-state index contributed by atoms with van der Waals surface area (Å²) in [6, 6.07) is 5.70. The number of fused-ring (bicyclic) bond motifs is 1. The zero-order valence-electron chi connectivity index (χ0n) is 11.1. The van der Waals surface area contributed by atoms with E-state index in [2.05, 4.69) is 16.0 Å². The second-order valence-corrected chi connectivity index (χ2v) is 5.86. The Morgan fingerprint density at radius 1 is 1.37 bits per heavy atom. The molecule has 0 bridgehead atoms. The van der Waals surface area contributed by atoms with E-state index in [0.717, 1.165) is 24.1 Å². The molecular formula is C15H20N4. The van der Waals surface area contributed by atoms with Crippen molar-refractivity contribution in [2.75, 3.05) is 19.6 Å². The molecule has 3 rings (SSSR count). The highest BCUT2D eigenvalue weighted by Gasteiger charge is 2.36. The molecule has 1 aromatic heterocycles. The second-order valence-electron chi connectivity index (χ2n) is 5.86. The van der Waals surface area contributed by atoms with Gasteiger partial charge < -0.3 is 10.6 Å². The maximum absolute atomic E-state index is 8.76. The molecule has 1 saturated heterocycles. The van der Waals surface area contributed by atoms with Gasteiger partial charge in [0.05, 0.1) is 17.3 Å². The summed E-state index contributed by atoms with van der Waals surface area (Å²) in [5, 5.41) is 8.76. The lowest BCUT2D eigenvalue weighted by Gasteiger charge is -2.21. The highest BCUT2D eigenvalue weighted by atomic mass is 15.2. The molecule has 0 amide bonds. The average Bonchev–Trinajstić information content (AvgIpc) is 2.99. The molecule has 4 nitrogen and oxygen atoms in total. The van der Waals surface area contributed by atoms with Gasteiger partial charge in [-0.2, -0.15) is 5.26 Å². The van der Waals surface area contributed by atoms with E-state index in [0.29, 0.717) is 5.56 Å². The molecule has 1 aliphatic heterocycles. The van der Waals surface area contributed by atoms with Crippen LogP contribution in [0, 0.1) is 23.2 Å². The minimum Gasteiger partial charge on any atom is -0.322 e. The minimum atomic E-state index is -0.0495. The van der Waals surface area contributed by atoms with Gasteiger partial charge in [0.25, 0.3) is 0 Å². The molecule has 3 atom stereocenters. The molecule has 0 aromatic carbocycles. The third-order valence-corrected chi connectivity index (χ3v) is 4.55. The van der Waals surface area contributed by atoms with Crippen LogP contribution < -0.4 is 5.73 Å². The van der Waals surface area contributed by atoms with Crippen molar-refractivity contribution >= 4 is 0 Å². The zero-order chi connectivity index (χ0) is 13.2. The molecule has 2 fully saturated rings. The monoisotopic (exact) mass is 256 g/mol. The first-order chi connectivity index (χ1) is 9.26. The molecule has 3 unspecified atom stereocenters. The van der Waals surface area contributed by atoms with E-state index in [1.165, 1.54) is 32.4 Å². The normalized spacial score (nSPS) is 28.0. The molecule has 2 heterocycles. The minimum absolute atomic E-state index is 0.0495. The van der Waals surface area contributed by atoms with E-state index in [1.54, 1.807) is 12.3 Å². The Bertz CT molecular complexity index is 464. The molecule has 2 N–H and O–H groups in total. The third kappa shape index (κ3) is 2.63. The van der Waals surface area contributed by atoms with Gasteiger partial charge in [0.2, 0.25) is 0 Å². The number of hydrogen-bond acceptors (Lipinski definition) is 4. The van der Waals surface area contributed by atoms with Crippen molar-refractivity contribution in [3.63, 3.8) is 0 Å². The summed E-state index contributed by atoms with van der Waals surface area (Å²) in [6.07, 6.45) is 5.80. The summed E-state index contributed by atoms with van der Waals surface area (Å²) < 4.78 is 0. The molecule has 100 valence electrons. The number of nitrogens with zero attached hydrogens (tertiary/aromatic N) is 3. The van der Waals surface area contributed by atoms with E-state index >= 15 is 0 Å². The molecule has 0 radical (unpaired) electrons. The smallest absolute Gasteiger partial charge is 0.101 e. The van der Waals surface area contributed by atoms with Crippen LogP contribution in [0.15, 0.2) is 18.3 Å². The summed E-state index contributed by atoms with van der Waals surface area (Å²) in [4.78, 5) is 6.77. The number of pyridine rings is 1. The van der Waals surface area contributed by atoms with Crippen molar-refractivity contribution in [2.45, 2.75) is 25.3 Å². The Kier molecular flexibility index (Phi) is 3.50. The van der Waals surface area contributed by atoms with Gasteiger partial charge in [-0.15, -0.1) is 0 Å². The van der Waals surface area contributed by atoms with Crippen LogP contribution in [0.25, 0.3) is 0 Å². The predicted octanol–water partition coefficient (Wildman–Crippen LogP) is 1.68. The molecule has 19 heavy (non-hydrogen) atoms. The number of likely N-dealkylation sites (tertiary alicyclic amines) is 1. The Labute approximate surface area is 114 Å².